The van der Waals surface area contributed by atoms with Crippen molar-refractivity contribution in [2.75, 3.05) is 19.5 Å². The molecule has 0 spiro atoms. The van der Waals surface area contributed by atoms with Crippen LogP contribution in [0.15, 0.2) is 10.2 Å². The first-order valence-corrected chi connectivity index (χ1v) is 8.77. The molecule has 0 aliphatic heterocycles. The minimum absolute atomic E-state index is 0. The van der Waals surface area contributed by atoms with Crippen molar-refractivity contribution in [2.45, 2.75) is 40.5 Å². The molecule has 0 heterocycles. The molecule has 15 heteroatoms. The molecule has 0 aromatic rings. The Morgan fingerprint density at radius 3 is 1.64 bits per heavy atom. The Morgan fingerprint density at radius 1 is 1.00 bits per heavy atom. The van der Waals surface area contributed by atoms with Crippen molar-refractivity contribution in [1.82, 2.24) is 5.48 Å². The monoisotopic (exact) mass is 572 g/mol. The van der Waals surface area contributed by atoms with E-state index in [9.17, 15) is 0 Å². The predicted molar refractivity (Wildman–Crippen MR) is 128 cm³/mol. The number of hydrogen-bond acceptors (Lipinski definition) is 9. The molecule has 0 aliphatic rings. The van der Waals surface area contributed by atoms with E-state index in [2.05, 4.69) is 48.2 Å². The number of thioether (sulfide) groups is 1. The van der Waals surface area contributed by atoms with E-state index in [-0.39, 0.29) is 77.4 Å². The number of halogens is 2. The number of hydrazone groups is 2. The average Bonchev–Trinajstić information content (AvgIpc) is 2.56. The number of guanidine groups is 1. The molecule has 0 unspecified atom stereocenters. The fourth-order valence-electron chi connectivity index (χ4n) is 0.802. The van der Waals surface area contributed by atoms with Crippen LogP contribution in [-0.2, 0) is 9.68 Å². The maximum Gasteiger partial charge on any atom is 1.00 e. The van der Waals surface area contributed by atoms with Crippen molar-refractivity contribution in [3.05, 3.63) is 0 Å². The van der Waals surface area contributed by atoms with E-state index in [1.54, 1.807) is 0 Å². The summed E-state index contributed by atoms with van der Waals surface area (Å²) in [6.45, 7) is 9.79. The summed E-state index contributed by atoms with van der Waals surface area (Å²) in [6.07, 6.45) is 3.84. The molecule has 28 heavy (non-hydrogen) atoms. The third-order valence-corrected chi connectivity index (χ3v) is 2.79. The van der Waals surface area contributed by atoms with Crippen molar-refractivity contribution in [1.29, 1.82) is 0 Å². The van der Waals surface area contributed by atoms with E-state index in [4.69, 9.17) is 33.9 Å². The van der Waals surface area contributed by atoms with Crippen molar-refractivity contribution < 1.29 is 44.7 Å². The summed E-state index contributed by atoms with van der Waals surface area (Å²) in [7, 11) is 0. The van der Waals surface area contributed by atoms with Gasteiger partial charge in [0.05, 0.1) is 13.2 Å². The van der Waals surface area contributed by atoms with Gasteiger partial charge in [-0.05, 0) is 30.9 Å². The standard InChI is InChI=1S/C6H16N4O.C5H13NO.C2H7N3S.ClH.HI.Na.H2O/c1-5(2)3-4-11-10-6(7)9-8;1-5(2)3-4-7-6;1-6-2(3)5-4;;;;/h5H,3-4,8H2,1-2H3,(H3,7,9,10);5H,3-4,6H2,1-2H3;4H2,1H3,(H2,3,5);2*1H;;1H2/q;;;;;+1;/p-1. The van der Waals surface area contributed by atoms with Gasteiger partial charge in [-0.1, -0.05) is 39.5 Å². The molecule has 0 saturated carbocycles. The molecule has 12 N–H and O–H groups in total. The Bertz CT molecular complexity index is 336. The summed E-state index contributed by atoms with van der Waals surface area (Å²) in [6, 6.07) is 0. The first-order chi connectivity index (χ1) is 11.2. The van der Waals surface area contributed by atoms with Gasteiger partial charge in [-0.2, -0.15) is 5.10 Å². The van der Waals surface area contributed by atoms with Crippen molar-refractivity contribution >= 4 is 59.3 Å². The molecule has 0 fully saturated rings. The van der Waals surface area contributed by atoms with Crippen LogP contribution < -0.4 is 64.1 Å². The average molecular weight is 573 g/mol. The number of amidine groups is 1. The van der Waals surface area contributed by atoms with E-state index < -0.39 is 0 Å². The van der Waals surface area contributed by atoms with Gasteiger partial charge in [0.25, 0.3) is 0 Å². The largest absolute Gasteiger partial charge is 1.00 e. The van der Waals surface area contributed by atoms with Crippen LogP contribution in [0.5, 0.6) is 0 Å². The number of rotatable bonds is 7. The van der Waals surface area contributed by atoms with E-state index in [1.165, 1.54) is 11.8 Å². The fraction of sp³-hybridized carbons (Fsp3) is 0.846. The molecule has 0 aromatic carbocycles. The second-order valence-corrected chi connectivity index (χ2v) is 6.20. The molecule has 0 radical (unpaired) electrons. The van der Waals surface area contributed by atoms with Gasteiger partial charge in [0, 0.05) is 0 Å². The van der Waals surface area contributed by atoms with Crippen molar-refractivity contribution in [3.8, 4) is 0 Å². The van der Waals surface area contributed by atoms with Crippen molar-refractivity contribution in [3.63, 3.8) is 0 Å². The summed E-state index contributed by atoms with van der Waals surface area (Å²) in [5, 5.41) is 6.74. The molecule has 0 bridgehead atoms. The number of hydroxylamine groups is 1. The van der Waals surface area contributed by atoms with Crippen LogP contribution in [0.25, 0.3) is 0 Å². The van der Waals surface area contributed by atoms with Crippen LogP contribution >= 0.6 is 48.1 Å². The maximum absolute atomic E-state index is 5.18. The second kappa shape index (κ2) is 38.2. The van der Waals surface area contributed by atoms with Crippen LogP contribution in [0.1, 0.15) is 40.5 Å². The Labute approximate surface area is 219 Å². The Kier molecular flexibility index (Phi) is 63.6. The van der Waals surface area contributed by atoms with Crippen LogP contribution in [0.2, 0.25) is 0 Å². The fourth-order valence-corrected chi connectivity index (χ4v) is 0.908. The summed E-state index contributed by atoms with van der Waals surface area (Å²) < 4.78 is 0. The molecule has 0 saturated heterocycles. The predicted octanol–water partition coefficient (Wildman–Crippen LogP) is -1.93. The smallest absolute Gasteiger partial charge is 0.870 e. The van der Waals surface area contributed by atoms with Gasteiger partial charge < -0.3 is 33.5 Å². The first-order valence-electron chi connectivity index (χ1n) is 7.55. The molecule has 0 aliphatic carbocycles. The summed E-state index contributed by atoms with van der Waals surface area (Å²) in [4.78, 5) is 9.26. The zero-order chi connectivity index (χ0) is 19.4. The zero-order valence-corrected chi connectivity index (χ0v) is 23.7. The van der Waals surface area contributed by atoms with Crippen LogP contribution in [0.4, 0.5) is 0 Å². The molecule has 0 aromatic heterocycles. The Morgan fingerprint density at radius 2 is 1.43 bits per heavy atom. The van der Waals surface area contributed by atoms with Gasteiger partial charge in [0.15, 0.2) is 5.17 Å². The summed E-state index contributed by atoms with van der Waals surface area (Å²) >= 11 is 1.33. The van der Waals surface area contributed by atoms with E-state index >= 15 is 0 Å². The molecule has 170 valence electrons. The third-order valence-electron chi connectivity index (χ3n) is 2.26. The SMILES string of the molecule is CC(C)CCON.CC(C)CCONC(N)=NN.CSC(N)=NN.Cl.I.[Na+].[OH-]. The molecular weight excluding hydrogens is 534 g/mol. The van der Waals surface area contributed by atoms with E-state index in [1.807, 2.05) is 6.26 Å². The second-order valence-electron chi connectivity index (χ2n) is 5.37. The Balaban J connectivity index is -0.0000000463. The van der Waals surface area contributed by atoms with Gasteiger partial charge in [0.1, 0.15) is 0 Å². The zero-order valence-electron chi connectivity index (χ0n) is 17.8. The molecular formula is C13H39ClIN8NaO3S. The van der Waals surface area contributed by atoms with Crippen LogP contribution in [0, 0.1) is 11.8 Å². The normalized spacial score (nSPS) is 9.86. The number of nitrogens with one attached hydrogen (secondary N) is 1. The van der Waals surface area contributed by atoms with Gasteiger partial charge in [-0.25, -0.2) is 11.4 Å². The number of hydrogen-bond donors (Lipinski definition) is 6. The molecule has 0 atom stereocenters. The van der Waals surface area contributed by atoms with Crippen LogP contribution in [-0.4, -0.2) is 36.1 Å². The first kappa shape index (κ1) is 46.7. The third kappa shape index (κ3) is 56.3. The molecule has 0 amide bonds. The topological polar surface area (TPSA) is 215 Å². The van der Waals surface area contributed by atoms with E-state index in [0.29, 0.717) is 30.2 Å². The van der Waals surface area contributed by atoms with Crippen LogP contribution in [0.3, 0.4) is 0 Å². The van der Waals surface area contributed by atoms with Gasteiger partial charge in [-0.15, -0.1) is 41.5 Å². The Hall–Kier alpha value is 0.550. The number of nitrogens with zero attached hydrogens (tertiary/aromatic N) is 2. The molecule has 11 nitrogen and oxygen atoms in total. The maximum atomic E-state index is 5.18. The minimum atomic E-state index is 0. The quantitative estimate of drug-likeness (QED) is 0.0377. The summed E-state index contributed by atoms with van der Waals surface area (Å²) in [5.74, 6) is 15.7. The number of nitrogens with two attached hydrogens (primary N) is 5. The minimum Gasteiger partial charge on any atom is -0.870 e. The van der Waals surface area contributed by atoms with Crippen molar-refractivity contribution in [2.24, 2.45) is 51.1 Å². The summed E-state index contributed by atoms with van der Waals surface area (Å²) in [5.41, 5.74) is 12.6. The van der Waals surface area contributed by atoms with Gasteiger partial charge in [-0.3, -0.25) is 4.84 Å². The van der Waals surface area contributed by atoms with Gasteiger partial charge in [0.2, 0.25) is 5.96 Å². The van der Waals surface area contributed by atoms with Gasteiger partial charge >= 0.3 is 29.6 Å². The molecule has 0 rings (SSSR count). The van der Waals surface area contributed by atoms with E-state index in [0.717, 1.165) is 12.8 Å².